The lowest BCUT2D eigenvalue weighted by atomic mass is 9.94. The topological polar surface area (TPSA) is 49.3 Å². The monoisotopic (exact) mass is 239 g/mol. The van der Waals surface area contributed by atoms with Crippen LogP contribution in [0.5, 0.6) is 0 Å². The molecular formula is C14H25NO2. The maximum atomic E-state index is 12.2. The van der Waals surface area contributed by atoms with E-state index in [1.165, 1.54) is 25.7 Å². The van der Waals surface area contributed by atoms with Crippen molar-refractivity contribution in [2.75, 3.05) is 6.61 Å². The second kappa shape index (κ2) is 5.85. The van der Waals surface area contributed by atoms with Crippen molar-refractivity contribution >= 4 is 5.91 Å². The van der Waals surface area contributed by atoms with Crippen LogP contribution in [0.2, 0.25) is 0 Å². The molecule has 2 N–H and O–H groups in total. The first-order valence-corrected chi connectivity index (χ1v) is 7.19. The summed E-state index contributed by atoms with van der Waals surface area (Å²) in [7, 11) is 0. The van der Waals surface area contributed by atoms with Gasteiger partial charge in [0.05, 0.1) is 12.1 Å². The summed E-state index contributed by atoms with van der Waals surface area (Å²) in [5.41, 5.74) is -0.288. The van der Waals surface area contributed by atoms with Gasteiger partial charge in [-0.25, -0.2) is 0 Å². The van der Waals surface area contributed by atoms with Gasteiger partial charge in [0, 0.05) is 5.92 Å². The molecule has 1 amide bonds. The van der Waals surface area contributed by atoms with E-state index in [4.69, 9.17) is 0 Å². The highest BCUT2D eigenvalue weighted by atomic mass is 16.3. The number of aliphatic hydroxyl groups excluding tert-OH is 1. The van der Waals surface area contributed by atoms with Gasteiger partial charge in [0.25, 0.3) is 0 Å². The Kier molecular flexibility index (Phi) is 4.43. The van der Waals surface area contributed by atoms with Crippen LogP contribution in [0.4, 0.5) is 0 Å². The van der Waals surface area contributed by atoms with Gasteiger partial charge in [-0.1, -0.05) is 38.5 Å². The lowest BCUT2D eigenvalue weighted by Gasteiger charge is -2.30. The van der Waals surface area contributed by atoms with Crippen LogP contribution in [-0.4, -0.2) is 23.2 Å². The molecular weight excluding hydrogens is 214 g/mol. The summed E-state index contributed by atoms with van der Waals surface area (Å²) in [5.74, 6) is 0.393. The van der Waals surface area contributed by atoms with Crippen LogP contribution in [0.25, 0.3) is 0 Å². The summed E-state index contributed by atoms with van der Waals surface area (Å²) in [6.45, 7) is 0.103. The lowest BCUT2D eigenvalue weighted by Crippen LogP contribution is -2.51. The first-order chi connectivity index (χ1) is 8.26. The molecule has 2 fully saturated rings. The van der Waals surface area contributed by atoms with Gasteiger partial charge in [-0.15, -0.1) is 0 Å². The van der Waals surface area contributed by atoms with E-state index in [0.717, 1.165) is 38.5 Å². The standard InChI is InChI=1S/C14H25NO2/c16-11-14(9-5-6-10-14)15-13(17)12-7-3-1-2-4-8-12/h12,16H,1-11H2,(H,15,17). The van der Waals surface area contributed by atoms with Crippen molar-refractivity contribution in [2.45, 2.75) is 69.7 Å². The first-order valence-electron chi connectivity index (χ1n) is 7.19. The molecule has 17 heavy (non-hydrogen) atoms. The van der Waals surface area contributed by atoms with E-state index < -0.39 is 0 Å². The Balaban J connectivity index is 1.90. The molecule has 2 aliphatic carbocycles. The highest BCUT2D eigenvalue weighted by Crippen LogP contribution is 2.30. The van der Waals surface area contributed by atoms with Gasteiger partial charge in [0.1, 0.15) is 0 Å². The Hall–Kier alpha value is -0.570. The maximum absolute atomic E-state index is 12.2. The van der Waals surface area contributed by atoms with E-state index in [0.29, 0.717) is 0 Å². The van der Waals surface area contributed by atoms with Crippen LogP contribution in [0.3, 0.4) is 0 Å². The third-order valence-corrected chi connectivity index (χ3v) is 4.48. The number of nitrogens with one attached hydrogen (secondary N) is 1. The van der Waals surface area contributed by atoms with Gasteiger partial charge in [-0.2, -0.15) is 0 Å². The molecule has 0 aromatic rings. The molecule has 0 unspecified atom stereocenters. The number of hydrogen-bond acceptors (Lipinski definition) is 2. The molecule has 0 aliphatic heterocycles. The van der Waals surface area contributed by atoms with Crippen molar-refractivity contribution in [1.82, 2.24) is 5.32 Å². The predicted molar refractivity (Wildman–Crippen MR) is 67.6 cm³/mol. The van der Waals surface area contributed by atoms with Crippen LogP contribution >= 0.6 is 0 Å². The summed E-state index contributed by atoms with van der Waals surface area (Å²) < 4.78 is 0. The van der Waals surface area contributed by atoms with Gasteiger partial charge in [-0.3, -0.25) is 4.79 Å². The minimum atomic E-state index is -0.288. The molecule has 0 heterocycles. The van der Waals surface area contributed by atoms with E-state index in [1.54, 1.807) is 0 Å². The molecule has 0 aromatic heterocycles. The number of hydrogen-bond donors (Lipinski definition) is 2. The van der Waals surface area contributed by atoms with Gasteiger partial charge in [0.2, 0.25) is 5.91 Å². The second-order valence-electron chi connectivity index (χ2n) is 5.82. The molecule has 0 atom stereocenters. The Morgan fingerprint density at radius 3 is 2.18 bits per heavy atom. The number of carbonyl (C=O) groups excluding carboxylic acids is 1. The minimum absolute atomic E-state index is 0.103. The van der Waals surface area contributed by atoms with E-state index in [-0.39, 0.29) is 24.0 Å². The van der Waals surface area contributed by atoms with Gasteiger partial charge < -0.3 is 10.4 Å². The average Bonchev–Trinajstić information content (AvgIpc) is 2.64. The zero-order chi connectivity index (χ0) is 12.1. The molecule has 2 aliphatic rings. The third kappa shape index (κ3) is 3.21. The van der Waals surface area contributed by atoms with Gasteiger partial charge in [0.15, 0.2) is 0 Å². The third-order valence-electron chi connectivity index (χ3n) is 4.48. The molecule has 0 radical (unpaired) electrons. The molecule has 3 nitrogen and oxygen atoms in total. The zero-order valence-corrected chi connectivity index (χ0v) is 10.7. The van der Waals surface area contributed by atoms with Crippen molar-refractivity contribution < 1.29 is 9.90 Å². The number of amides is 1. The van der Waals surface area contributed by atoms with Gasteiger partial charge >= 0.3 is 0 Å². The lowest BCUT2D eigenvalue weighted by molar-refractivity contribution is -0.128. The second-order valence-corrected chi connectivity index (χ2v) is 5.82. The highest BCUT2D eigenvalue weighted by molar-refractivity contribution is 5.79. The van der Waals surface area contributed by atoms with E-state index in [2.05, 4.69) is 5.32 Å². The van der Waals surface area contributed by atoms with Crippen molar-refractivity contribution in [3.05, 3.63) is 0 Å². The van der Waals surface area contributed by atoms with Crippen molar-refractivity contribution in [3.63, 3.8) is 0 Å². The fourth-order valence-corrected chi connectivity index (χ4v) is 3.28. The maximum Gasteiger partial charge on any atom is 0.223 e. The van der Waals surface area contributed by atoms with Crippen molar-refractivity contribution in [2.24, 2.45) is 5.92 Å². The molecule has 3 heteroatoms. The number of aliphatic hydroxyl groups is 1. The van der Waals surface area contributed by atoms with Crippen molar-refractivity contribution in [3.8, 4) is 0 Å². The largest absolute Gasteiger partial charge is 0.394 e. The van der Waals surface area contributed by atoms with Gasteiger partial charge in [-0.05, 0) is 25.7 Å². The average molecular weight is 239 g/mol. The molecule has 0 bridgehead atoms. The summed E-state index contributed by atoms with van der Waals surface area (Å²) in [6, 6.07) is 0. The zero-order valence-electron chi connectivity index (χ0n) is 10.7. The summed E-state index contributed by atoms with van der Waals surface area (Å²) in [5, 5.41) is 12.7. The quantitative estimate of drug-likeness (QED) is 0.743. The van der Waals surface area contributed by atoms with Crippen LogP contribution in [0, 0.1) is 5.92 Å². The van der Waals surface area contributed by atoms with Crippen molar-refractivity contribution in [1.29, 1.82) is 0 Å². The minimum Gasteiger partial charge on any atom is -0.394 e. The number of rotatable bonds is 3. The SMILES string of the molecule is O=C(NC1(CO)CCCC1)C1CCCCCC1. The van der Waals surface area contributed by atoms with Crippen LogP contribution < -0.4 is 5.32 Å². The summed E-state index contributed by atoms with van der Waals surface area (Å²) in [6.07, 6.45) is 11.1. The molecule has 2 saturated carbocycles. The van der Waals surface area contributed by atoms with E-state index in [9.17, 15) is 9.90 Å². The molecule has 98 valence electrons. The molecule has 0 aromatic carbocycles. The smallest absolute Gasteiger partial charge is 0.223 e. The number of carbonyl (C=O) groups is 1. The van der Waals surface area contributed by atoms with Crippen LogP contribution in [0.15, 0.2) is 0 Å². The highest BCUT2D eigenvalue weighted by Gasteiger charge is 2.36. The fraction of sp³-hybridized carbons (Fsp3) is 0.929. The summed E-state index contributed by atoms with van der Waals surface area (Å²) in [4.78, 5) is 12.2. The Morgan fingerprint density at radius 2 is 1.65 bits per heavy atom. The van der Waals surface area contributed by atoms with E-state index in [1.807, 2.05) is 0 Å². The van der Waals surface area contributed by atoms with Crippen LogP contribution in [-0.2, 0) is 4.79 Å². The summed E-state index contributed by atoms with van der Waals surface area (Å²) >= 11 is 0. The normalized spacial score (nSPS) is 25.5. The Morgan fingerprint density at radius 1 is 1.06 bits per heavy atom. The van der Waals surface area contributed by atoms with Crippen LogP contribution in [0.1, 0.15) is 64.2 Å². The first kappa shape index (κ1) is 12.9. The Bertz CT molecular complexity index is 251. The Labute approximate surface area is 104 Å². The molecule has 0 saturated heterocycles. The fourth-order valence-electron chi connectivity index (χ4n) is 3.28. The predicted octanol–water partition coefficient (Wildman–Crippen LogP) is 2.38. The molecule has 0 spiro atoms. The molecule has 2 rings (SSSR count). The van der Waals surface area contributed by atoms with E-state index >= 15 is 0 Å².